The largest absolute Gasteiger partial charge is 0.365 e. The van der Waals surface area contributed by atoms with Gasteiger partial charge in [-0.1, -0.05) is 5.92 Å². The molecule has 0 spiro atoms. The average Bonchev–Trinajstić information content (AvgIpc) is 2.83. The molecule has 6 heteroatoms. The molecule has 3 N–H and O–H groups in total. The van der Waals surface area contributed by atoms with Gasteiger partial charge in [0.15, 0.2) is 0 Å². The van der Waals surface area contributed by atoms with E-state index in [1.807, 2.05) is 0 Å². The Morgan fingerprint density at radius 1 is 1.72 bits per heavy atom. The molecular formula is C12H12N4O2. The van der Waals surface area contributed by atoms with Crippen LogP contribution in [0.4, 0.5) is 5.69 Å². The first-order valence-corrected chi connectivity index (χ1v) is 5.27. The molecule has 0 aliphatic carbocycles. The van der Waals surface area contributed by atoms with Gasteiger partial charge in [-0.25, -0.2) is 4.52 Å². The molecule has 0 saturated heterocycles. The van der Waals surface area contributed by atoms with E-state index >= 15 is 0 Å². The number of rotatable bonds is 4. The van der Waals surface area contributed by atoms with E-state index in [4.69, 9.17) is 17.0 Å². The second-order valence-corrected chi connectivity index (χ2v) is 3.66. The molecule has 0 bridgehead atoms. The fourth-order valence-corrected chi connectivity index (χ4v) is 1.47. The highest BCUT2D eigenvalue weighted by atomic mass is 16.7. The van der Waals surface area contributed by atoms with Gasteiger partial charge in [-0.3, -0.25) is 15.1 Å². The van der Waals surface area contributed by atoms with Gasteiger partial charge >= 0.3 is 0 Å². The molecule has 0 aliphatic heterocycles. The maximum absolute atomic E-state index is 11.3. The van der Waals surface area contributed by atoms with Crippen LogP contribution in [0.2, 0.25) is 0 Å². The van der Waals surface area contributed by atoms with Crippen molar-refractivity contribution in [3.05, 3.63) is 30.1 Å². The zero-order valence-corrected chi connectivity index (χ0v) is 9.75. The molecule has 0 aliphatic rings. The van der Waals surface area contributed by atoms with Crippen molar-refractivity contribution in [1.82, 2.24) is 9.61 Å². The highest BCUT2D eigenvalue weighted by molar-refractivity contribution is 6.01. The van der Waals surface area contributed by atoms with Crippen LogP contribution in [0.5, 0.6) is 0 Å². The van der Waals surface area contributed by atoms with Crippen molar-refractivity contribution in [2.45, 2.75) is 13.0 Å². The van der Waals surface area contributed by atoms with Crippen molar-refractivity contribution in [3.63, 3.8) is 0 Å². The molecule has 6 nitrogen and oxygen atoms in total. The van der Waals surface area contributed by atoms with Gasteiger partial charge in [0.2, 0.25) is 0 Å². The standard InChI is InChI=1S/C12H12N4O2/c1-3-8(2)18-15-11-9(12(13)17)7-14-16-6-4-5-10(11)16/h1,4-8,15H,2H3,(H2,13,17). The smallest absolute Gasteiger partial charge is 0.252 e. The number of hydrogen-bond donors (Lipinski definition) is 2. The Hall–Kier alpha value is -2.52. The van der Waals surface area contributed by atoms with Crippen LogP contribution >= 0.6 is 0 Å². The number of anilines is 1. The lowest BCUT2D eigenvalue weighted by Gasteiger charge is -2.13. The van der Waals surface area contributed by atoms with Crippen molar-refractivity contribution in [2.75, 3.05) is 5.48 Å². The number of primary amides is 1. The Morgan fingerprint density at radius 2 is 2.50 bits per heavy atom. The first-order valence-electron chi connectivity index (χ1n) is 5.27. The van der Waals surface area contributed by atoms with E-state index < -0.39 is 12.0 Å². The molecule has 1 unspecified atom stereocenters. The number of nitrogens with two attached hydrogens (primary N) is 1. The average molecular weight is 244 g/mol. The molecule has 2 rings (SSSR count). The minimum absolute atomic E-state index is 0.241. The zero-order valence-electron chi connectivity index (χ0n) is 9.75. The lowest BCUT2D eigenvalue weighted by Crippen LogP contribution is -2.18. The van der Waals surface area contributed by atoms with E-state index in [2.05, 4.69) is 16.5 Å². The van der Waals surface area contributed by atoms with E-state index in [0.717, 1.165) is 0 Å². The Morgan fingerprint density at radius 3 is 3.17 bits per heavy atom. The van der Waals surface area contributed by atoms with Crippen molar-refractivity contribution in [1.29, 1.82) is 0 Å². The van der Waals surface area contributed by atoms with Crippen LogP contribution in [0.25, 0.3) is 5.52 Å². The highest BCUT2D eigenvalue weighted by Gasteiger charge is 2.14. The van der Waals surface area contributed by atoms with E-state index in [-0.39, 0.29) is 5.56 Å². The van der Waals surface area contributed by atoms with Crippen LogP contribution in [0.15, 0.2) is 24.5 Å². The molecule has 1 amide bonds. The molecule has 92 valence electrons. The van der Waals surface area contributed by atoms with E-state index in [1.165, 1.54) is 6.20 Å². The summed E-state index contributed by atoms with van der Waals surface area (Å²) in [5.41, 5.74) is 9.33. The maximum Gasteiger partial charge on any atom is 0.252 e. The Kier molecular flexibility index (Phi) is 3.17. The summed E-state index contributed by atoms with van der Waals surface area (Å²) in [4.78, 5) is 16.5. The second-order valence-electron chi connectivity index (χ2n) is 3.66. The fourth-order valence-electron chi connectivity index (χ4n) is 1.47. The summed E-state index contributed by atoms with van der Waals surface area (Å²) in [6, 6.07) is 3.58. The normalized spacial score (nSPS) is 12.0. The Balaban J connectivity index is 2.44. The van der Waals surface area contributed by atoms with E-state index in [0.29, 0.717) is 11.2 Å². The summed E-state index contributed by atoms with van der Waals surface area (Å²) in [5, 5.41) is 4.05. The van der Waals surface area contributed by atoms with Crippen molar-refractivity contribution >= 4 is 17.1 Å². The number of aromatic nitrogens is 2. The Labute approximate surface area is 104 Å². The molecule has 18 heavy (non-hydrogen) atoms. The number of nitrogens with one attached hydrogen (secondary N) is 1. The van der Waals surface area contributed by atoms with Crippen LogP contribution < -0.4 is 11.2 Å². The summed E-state index contributed by atoms with van der Waals surface area (Å²) in [6.07, 6.45) is 7.89. The predicted molar refractivity (Wildman–Crippen MR) is 66.7 cm³/mol. The molecule has 2 aromatic rings. The molecule has 0 aromatic carbocycles. The topological polar surface area (TPSA) is 81.6 Å². The summed E-state index contributed by atoms with van der Waals surface area (Å²) in [5.74, 6) is 1.81. The predicted octanol–water partition coefficient (Wildman–Crippen LogP) is 0.798. The van der Waals surface area contributed by atoms with Gasteiger partial charge in [0.25, 0.3) is 5.91 Å². The van der Waals surface area contributed by atoms with Gasteiger partial charge in [0.1, 0.15) is 11.8 Å². The van der Waals surface area contributed by atoms with Crippen molar-refractivity contribution in [3.8, 4) is 12.3 Å². The van der Waals surface area contributed by atoms with Gasteiger partial charge in [-0.05, 0) is 19.1 Å². The van der Waals surface area contributed by atoms with E-state index in [9.17, 15) is 4.79 Å². The molecule has 1 atom stereocenters. The molecule has 2 aromatic heterocycles. The summed E-state index contributed by atoms with van der Waals surface area (Å²) < 4.78 is 1.60. The van der Waals surface area contributed by atoms with Gasteiger partial charge in [0.05, 0.1) is 17.3 Å². The van der Waals surface area contributed by atoms with E-state index in [1.54, 1.807) is 29.8 Å². The van der Waals surface area contributed by atoms with Crippen molar-refractivity contribution < 1.29 is 9.63 Å². The van der Waals surface area contributed by atoms with Crippen LogP contribution in [0.3, 0.4) is 0 Å². The zero-order chi connectivity index (χ0) is 13.1. The number of carbonyl (C=O) groups excluding carboxylic acids is 1. The minimum Gasteiger partial charge on any atom is -0.365 e. The van der Waals surface area contributed by atoms with Gasteiger partial charge in [-0.15, -0.1) is 6.42 Å². The first-order chi connectivity index (χ1) is 8.63. The molecule has 0 saturated carbocycles. The Bertz CT molecular complexity index is 627. The summed E-state index contributed by atoms with van der Waals surface area (Å²) in [6.45, 7) is 1.70. The van der Waals surface area contributed by atoms with Crippen molar-refractivity contribution in [2.24, 2.45) is 5.73 Å². The quantitative estimate of drug-likeness (QED) is 0.615. The van der Waals surface area contributed by atoms with Crippen LogP contribution in [-0.2, 0) is 4.84 Å². The highest BCUT2D eigenvalue weighted by Crippen LogP contribution is 2.21. The lowest BCUT2D eigenvalue weighted by atomic mass is 10.2. The van der Waals surface area contributed by atoms with Crippen LogP contribution in [0.1, 0.15) is 17.3 Å². The third kappa shape index (κ3) is 2.12. The lowest BCUT2D eigenvalue weighted by molar-refractivity contribution is 0.0998. The maximum atomic E-state index is 11.3. The third-order valence-electron chi connectivity index (χ3n) is 2.40. The molecule has 0 radical (unpaired) electrons. The van der Waals surface area contributed by atoms with Crippen LogP contribution in [-0.4, -0.2) is 21.6 Å². The number of fused-ring (bicyclic) bond motifs is 1. The molecule has 2 heterocycles. The monoisotopic (exact) mass is 244 g/mol. The number of terminal acetylenes is 1. The van der Waals surface area contributed by atoms with Gasteiger partial charge < -0.3 is 5.73 Å². The molecular weight excluding hydrogens is 232 g/mol. The summed E-state index contributed by atoms with van der Waals surface area (Å²) in [7, 11) is 0. The second kappa shape index (κ2) is 4.77. The van der Waals surface area contributed by atoms with Crippen LogP contribution in [0, 0.1) is 12.3 Å². The molecule has 0 fully saturated rings. The number of amides is 1. The minimum atomic E-state index is -0.592. The summed E-state index contributed by atoms with van der Waals surface area (Å²) >= 11 is 0. The fraction of sp³-hybridized carbons (Fsp3) is 0.167. The van der Waals surface area contributed by atoms with Gasteiger partial charge in [-0.2, -0.15) is 5.10 Å². The third-order valence-corrected chi connectivity index (χ3v) is 2.40. The SMILES string of the molecule is C#CC(C)ONc1c(C(N)=O)cnn2cccc12. The van der Waals surface area contributed by atoms with Gasteiger partial charge in [0, 0.05) is 6.20 Å². The number of carbonyl (C=O) groups is 1. The first kappa shape index (κ1) is 12.0. The number of hydrogen-bond acceptors (Lipinski definition) is 4. The number of nitrogens with zero attached hydrogens (tertiary/aromatic N) is 2.